The smallest absolute Gasteiger partial charge is 0.0722 e. The van der Waals surface area contributed by atoms with Gasteiger partial charge in [-0.1, -0.05) is 50.8 Å². The van der Waals surface area contributed by atoms with Crippen LogP contribution in [0.1, 0.15) is 31.4 Å². The lowest BCUT2D eigenvalue weighted by molar-refractivity contribution is 0.110. The third-order valence-corrected chi connectivity index (χ3v) is 2.37. The van der Waals surface area contributed by atoms with Crippen LogP contribution < -0.4 is 0 Å². The Hall–Kier alpha value is -1.08. The average Bonchev–Trinajstić information content (AvgIpc) is 2.24. The van der Waals surface area contributed by atoms with Gasteiger partial charge in [-0.25, -0.2) is 0 Å². The fourth-order valence-electron chi connectivity index (χ4n) is 1.37. The highest BCUT2D eigenvalue weighted by atomic mass is 16.5. The highest BCUT2D eigenvalue weighted by Crippen LogP contribution is 2.11. The maximum atomic E-state index is 5.63. The van der Waals surface area contributed by atoms with Gasteiger partial charge in [-0.3, -0.25) is 0 Å². The normalized spacial score (nSPS) is 10.6. The number of benzene rings is 1. The van der Waals surface area contributed by atoms with Crippen molar-refractivity contribution in [2.45, 2.75) is 26.9 Å². The molecule has 0 aliphatic carbocycles. The molecule has 0 bridgehead atoms. The van der Waals surface area contributed by atoms with Crippen LogP contribution in [0.4, 0.5) is 0 Å². The van der Waals surface area contributed by atoms with Crippen LogP contribution in [-0.2, 0) is 11.3 Å². The molecule has 0 N–H and O–H groups in total. The third-order valence-electron chi connectivity index (χ3n) is 2.37. The first-order valence-corrected chi connectivity index (χ1v) is 5.52. The first-order valence-electron chi connectivity index (χ1n) is 5.52. The molecule has 0 aliphatic heterocycles. The largest absolute Gasteiger partial charge is 0.377 e. The lowest BCUT2D eigenvalue weighted by Gasteiger charge is -2.08. The minimum absolute atomic E-state index is 0.689. The molecule has 0 amide bonds. The van der Waals surface area contributed by atoms with Crippen molar-refractivity contribution in [3.05, 3.63) is 42.0 Å². The molecule has 1 heteroatoms. The molecule has 0 saturated heterocycles. The van der Waals surface area contributed by atoms with Gasteiger partial charge in [0.1, 0.15) is 0 Å². The van der Waals surface area contributed by atoms with Gasteiger partial charge in [-0.2, -0.15) is 0 Å². The molecule has 0 fully saturated rings. The number of hydrogen-bond acceptors (Lipinski definition) is 1. The van der Waals surface area contributed by atoms with E-state index in [-0.39, 0.29) is 0 Å². The lowest BCUT2D eigenvalue weighted by atomic mass is 10.1. The molecule has 0 saturated carbocycles. The van der Waals surface area contributed by atoms with Gasteiger partial charge in [0.05, 0.1) is 6.61 Å². The molecular formula is C14H20O. The summed E-state index contributed by atoms with van der Waals surface area (Å²) in [6.07, 6.45) is 3.00. The second-order valence-electron chi connectivity index (χ2n) is 4.14. The Balaban J connectivity index is 2.40. The zero-order valence-corrected chi connectivity index (χ0v) is 9.70. The Morgan fingerprint density at radius 1 is 1.33 bits per heavy atom. The van der Waals surface area contributed by atoms with Gasteiger partial charge >= 0.3 is 0 Å². The summed E-state index contributed by atoms with van der Waals surface area (Å²) in [4.78, 5) is 0. The summed E-state index contributed by atoms with van der Waals surface area (Å²) >= 11 is 0. The highest BCUT2D eigenvalue weighted by molar-refractivity contribution is 5.51. The maximum absolute atomic E-state index is 5.63. The van der Waals surface area contributed by atoms with Gasteiger partial charge in [0.15, 0.2) is 0 Å². The minimum atomic E-state index is 0.689. The summed E-state index contributed by atoms with van der Waals surface area (Å²) < 4.78 is 5.63. The van der Waals surface area contributed by atoms with Crippen molar-refractivity contribution in [2.75, 3.05) is 6.61 Å². The SMILES string of the molecule is C=Cc1ccccc1COCCC(C)C. The van der Waals surface area contributed by atoms with Crippen LogP contribution in [0.5, 0.6) is 0 Å². The van der Waals surface area contributed by atoms with E-state index in [2.05, 4.69) is 32.6 Å². The van der Waals surface area contributed by atoms with Crippen LogP contribution in [0, 0.1) is 5.92 Å². The van der Waals surface area contributed by atoms with E-state index in [1.54, 1.807) is 0 Å². The van der Waals surface area contributed by atoms with Crippen LogP contribution in [0.25, 0.3) is 6.08 Å². The molecule has 0 heterocycles. The molecule has 0 unspecified atom stereocenters. The number of rotatable bonds is 6. The molecular weight excluding hydrogens is 184 g/mol. The van der Waals surface area contributed by atoms with Crippen molar-refractivity contribution in [2.24, 2.45) is 5.92 Å². The van der Waals surface area contributed by atoms with Gasteiger partial charge in [0.25, 0.3) is 0 Å². The Morgan fingerprint density at radius 3 is 2.73 bits per heavy atom. The van der Waals surface area contributed by atoms with Gasteiger partial charge in [-0.05, 0) is 23.5 Å². The van der Waals surface area contributed by atoms with E-state index in [1.807, 2.05) is 18.2 Å². The predicted molar refractivity (Wildman–Crippen MR) is 65.6 cm³/mol. The van der Waals surface area contributed by atoms with E-state index in [0.29, 0.717) is 12.5 Å². The summed E-state index contributed by atoms with van der Waals surface area (Å²) in [5, 5.41) is 0. The molecule has 15 heavy (non-hydrogen) atoms. The Labute approximate surface area is 92.8 Å². The van der Waals surface area contributed by atoms with Crippen molar-refractivity contribution < 1.29 is 4.74 Å². The Kier molecular flexibility index (Phi) is 5.13. The molecule has 0 radical (unpaired) electrons. The highest BCUT2D eigenvalue weighted by Gasteiger charge is 1.99. The van der Waals surface area contributed by atoms with Crippen molar-refractivity contribution in [3.63, 3.8) is 0 Å². The standard InChI is InChI=1S/C14H20O/c1-4-13-7-5-6-8-14(13)11-15-10-9-12(2)3/h4-8,12H,1,9-11H2,2-3H3. The Morgan fingerprint density at radius 2 is 2.07 bits per heavy atom. The second kappa shape index (κ2) is 6.41. The van der Waals surface area contributed by atoms with Crippen LogP contribution in [-0.4, -0.2) is 6.61 Å². The number of hydrogen-bond donors (Lipinski definition) is 0. The van der Waals surface area contributed by atoms with Crippen molar-refractivity contribution in [3.8, 4) is 0 Å². The van der Waals surface area contributed by atoms with Crippen LogP contribution in [0.15, 0.2) is 30.8 Å². The van der Waals surface area contributed by atoms with Crippen molar-refractivity contribution >= 4 is 6.08 Å². The molecule has 1 aromatic carbocycles. The van der Waals surface area contributed by atoms with Gasteiger partial charge in [0, 0.05) is 6.61 Å². The molecule has 1 nitrogen and oxygen atoms in total. The van der Waals surface area contributed by atoms with Crippen molar-refractivity contribution in [1.29, 1.82) is 0 Å². The monoisotopic (exact) mass is 204 g/mol. The topological polar surface area (TPSA) is 9.23 Å². The molecule has 1 aromatic rings. The molecule has 0 spiro atoms. The van der Waals surface area contributed by atoms with E-state index < -0.39 is 0 Å². The van der Waals surface area contributed by atoms with Gasteiger partial charge < -0.3 is 4.74 Å². The third kappa shape index (κ3) is 4.30. The molecule has 82 valence electrons. The zero-order valence-electron chi connectivity index (χ0n) is 9.70. The summed E-state index contributed by atoms with van der Waals surface area (Å²) in [5.41, 5.74) is 2.39. The Bertz CT molecular complexity index is 302. The van der Waals surface area contributed by atoms with E-state index in [9.17, 15) is 0 Å². The summed E-state index contributed by atoms with van der Waals surface area (Å²) in [6.45, 7) is 9.74. The first-order chi connectivity index (χ1) is 7.24. The maximum Gasteiger partial charge on any atom is 0.0722 e. The van der Waals surface area contributed by atoms with Crippen LogP contribution >= 0.6 is 0 Å². The van der Waals surface area contributed by atoms with Crippen LogP contribution in [0.2, 0.25) is 0 Å². The average molecular weight is 204 g/mol. The van der Waals surface area contributed by atoms with Gasteiger partial charge in [0.2, 0.25) is 0 Å². The predicted octanol–water partition coefficient (Wildman–Crippen LogP) is 3.89. The van der Waals surface area contributed by atoms with E-state index in [1.165, 1.54) is 11.1 Å². The van der Waals surface area contributed by atoms with E-state index in [0.717, 1.165) is 13.0 Å². The molecule has 1 rings (SSSR count). The zero-order chi connectivity index (χ0) is 11.1. The van der Waals surface area contributed by atoms with E-state index in [4.69, 9.17) is 4.74 Å². The molecule has 0 aliphatic rings. The molecule has 0 aromatic heterocycles. The fourth-order valence-corrected chi connectivity index (χ4v) is 1.37. The molecule has 0 atom stereocenters. The summed E-state index contributed by atoms with van der Waals surface area (Å²) in [5.74, 6) is 0.708. The van der Waals surface area contributed by atoms with E-state index >= 15 is 0 Å². The number of ether oxygens (including phenoxy) is 1. The summed E-state index contributed by atoms with van der Waals surface area (Å²) in [7, 11) is 0. The quantitative estimate of drug-likeness (QED) is 0.639. The second-order valence-corrected chi connectivity index (χ2v) is 4.14. The van der Waals surface area contributed by atoms with Gasteiger partial charge in [-0.15, -0.1) is 0 Å². The first kappa shape index (κ1) is 12.0. The summed E-state index contributed by atoms with van der Waals surface area (Å²) in [6, 6.07) is 8.21. The fraction of sp³-hybridized carbons (Fsp3) is 0.429. The van der Waals surface area contributed by atoms with Crippen molar-refractivity contribution in [1.82, 2.24) is 0 Å². The lowest BCUT2D eigenvalue weighted by Crippen LogP contribution is -2.00. The minimum Gasteiger partial charge on any atom is -0.377 e. The van der Waals surface area contributed by atoms with Crippen LogP contribution in [0.3, 0.4) is 0 Å².